The molecule has 1 aromatic heterocycles. The van der Waals surface area contributed by atoms with E-state index in [1.807, 2.05) is 31.2 Å². The summed E-state index contributed by atoms with van der Waals surface area (Å²) in [6.07, 6.45) is 0.471. The number of nitrogens with zero attached hydrogens (tertiary/aromatic N) is 3. The van der Waals surface area contributed by atoms with E-state index in [-0.39, 0.29) is 11.7 Å². The van der Waals surface area contributed by atoms with E-state index in [2.05, 4.69) is 10.1 Å². The standard InChI is InChI=1S/C19H18FN3O2/c1-13-3-5-15(6-4-13)19(24)23(2)12-11-17-21-18(25-22-17)14-7-9-16(20)10-8-14/h3-10H,11-12H2,1-2H3. The first-order valence-corrected chi connectivity index (χ1v) is 7.93. The Labute approximate surface area is 145 Å². The Balaban J connectivity index is 1.60. The van der Waals surface area contributed by atoms with E-state index >= 15 is 0 Å². The second-order valence-corrected chi connectivity index (χ2v) is 5.87. The van der Waals surface area contributed by atoms with Gasteiger partial charge in [-0.2, -0.15) is 4.98 Å². The molecule has 0 unspecified atom stereocenters. The van der Waals surface area contributed by atoms with E-state index in [4.69, 9.17) is 4.52 Å². The smallest absolute Gasteiger partial charge is 0.257 e. The number of hydrogen-bond acceptors (Lipinski definition) is 4. The summed E-state index contributed by atoms with van der Waals surface area (Å²) in [5.41, 5.74) is 2.41. The van der Waals surface area contributed by atoms with Gasteiger partial charge in [-0.1, -0.05) is 22.9 Å². The Hall–Kier alpha value is -3.02. The molecule has 0 radical (unpaired) electrons. The third-order valence-electron chi connectivity index (χ3n) is 3.88. The molecule has 0 saturated heterocycles. The summed E-state index contributed by atoms with van der Waals surface area (Å²) in [5, 5.41) is 3.91. The number of carbonyl (C=O) groups is 1. The summed E-state index contributed by atoms with van der Waals surface area (Å²) in [5.74, 6) is 0.465. The first-order chi connectivity index (χ1) is 12.0. The van der Waals surface area contributed by atoms with Gasteiger partial charge in [0.15, 0.2) is 5.82 Å². The molecule has 0 atom stereocenters. The van der Waals surface area contributed by atoms with Gasteiger partial charge in [0, 0.05) is 31.1 Å². The van der Waals surface area contributed by atoms with Crippen LogP contribution in [0.4, 0.5) is 4.39 Å². The number of aromatic nitrogens is 2. The van der Waals surface area contributed by atoms with E-state index in [1.54, 1.807) is 24.1 Å². The van der Waals surface area contributed by atoms with Gasteiger partial charge < -0.3 is 9.42 Å². The van der Waals surface area contributed by atoms with Crippen molar-refractivity contribution in [2.45, 2.75) is 13.3 Å². The van der Waals surface area contributed by atoms with Gasteiger partial charge in [0.25, 0.3) is 11.8 Å². The molecule has 0 aliphatic carbocycles. The quantitative estimate of drug-likeness (QED) is 0.714. The zero-order valence-electron chi connectivity index (χ0n) is 14.1. The van der Waals surface area contributed by atoms with Crippen LogP contribution in [0.3, 0.4) is 0 Å². The van der Waals surface area contributed by atoms with Crippen LogP contribution >= 0.6 is 0 Å². The Morgan fingerprint density at radius 3 is 2.48 bits per heavy atom. The number of aryl methyl sites for hydroxylation is 1. The maximum absolute atomic E-state index is 13.0. The highest BCUT2D eigenvalue weighted by atomic mass is 19.1. The maximum atomic E-state index is 13.0. The Morgan fingerprint density at radius 2 is 1.80 bits per heavy atom. The average molecular weight is 339 g/mol. The second-order valence-electron chi connectivity index (χ2n) is 5.87. The first-order valence-electron chi connectivity index (χ1n) is 7.93. The highest BCUT2D eigenvalue weighted by Gasteiger charge is 2.14. The maximum Gasteiger partial charge on any atom is 0.257 e. The van der Waals surface area contributed by atoms with Crippen molar-refractivity contribution in [3.8, 4) is 11.5 Å². The van der Waals surface area contributed by atoms with Gasteiger partial charge in [-0.25, -0.2) is 4.39 Å². The fourth-order valence-corrected chi connectivity index (χ4v) is 2.35. The van der Waals surface area contributed by atoms with Gasteiger partial charge in [0.05, 0.1) is 0 Å². The van der Waals surface area contributed by atoms with Gasteiger partial charge in [-0.15, -0.1) is 0 Å². The molecule has 0 N–H and O–H groups in total. The Morgan fingerprint density at radius 1 is 1.12 bits per heavy atom. The highest BCUT2D eigenvalue weighted by Crippen LogP contribution is 2.17. The van der Waals surface area contributed by atoms with E-state index in [0.717, 1.165) is 5.56 Å². The fourth-order valence-electron chi connectivity index (χ4n) is 2.35. The lowest BCUT2D eigenvalue weighted by atomic mass is 10.1. The number of rotatable bonds is 5. The van der Waals surface area contributed by atoms with Crippen molar-refractivity contribution in [1.29, 1.82) is 0 Å². The summed E-state index contributed by atoms with van der Waals surface area (Å²) in [4.78, 5) is 18.3. The number of benzene rings is 2. The lowest BCUT2D eigenvalue weighted by Crippen LogP contribution is -2.29. The second kappa shape index (κ2) is 7.25. The minimum absolute atomic E-state index is 0.0535. The summed E-state index contributed by atoms with van der Waals surface area (Å²) < 4.78 is 18.1. The van der Waals surface area contributed by atoms with Crippen LogP contribution in [0.25, 0.3) is 11.5 Å². The summed E-state index contributed by atoms with van der Waals surface area (Å²) in [7, 11) is 1.74. The third-order valence-corrected chi connectivity index (χ3v) is 3.88. The molecule has 3 aromatic rings. The molecule has 3 rings (SSSR count). The van der Waals surface area contributed by atoms with Crippen molar-refractivity contribution in [1.82, 2.24) is 15.0 Å². The minimum atomic E-state index is -0.320. The molecule has 5 nitrogen and oxygen atoms in total. The number of carbonyl (C=O) groups excluding carboxylic acids is 1. The van der Waals surface area contributed by atoms with E-state index in [1.165, 1.54) is 12.1 Å². The summed E-state index contributed by atoms with van der Waals surface area (Å²) >= 11 is 0. The Kier molecular flexibility index (Phi) is 4.88. The average Bonchev–Trinajstić information content (AvgIpc) is 3.09. The zero-order valence-corrected chi connectivity index (χ0v) is 14.1. The minimum Gasteiger partial charge on any atom is -0.341 e. The molecule has 0 spiro atoms. The van der Waals surface area contributed by atoms with Crippen LogP contribution in [-0.4, -0.2) is 34.5 Å². The van der Waals surface area contributed by atoms with Crippen LogP contribution in [0.15, 0.2) is 53.1 Å². The van der Waals surface area contributed by atoms with Gasteiger partial charge in [0.1, 0.15) is 5.82 Å². The van der Waals surface area contributed by atoms with Crippen molar-refractivity contribution in [3.63, 3.8) is 0 Å². The molecule has 0 aliphatic rings. The molecule has 0 saturated carbocycles. The van der Waals surface area contributed by atoms with Crippen molar-refractivity contribution in [2.24, 2.45) is 0 Å². The van der Waals surface area contributed by atoms with Crippen LogP contribution in [0.1, 0.15) is 21.7 Å². The summed E-state index contributed by atoms with van der Waals surface area (Å²) in [6, 6.07) is 13.3. The molecule has 2 aromatic carbocycles. The molecule has 0 bridgehead atoms. The normalized spacial score (nSPS) is 10.7. The monoisotopic (exact) mass is 339 g/mol. The molecule has 128 valence electrons. The van der Waals surface area contributed by atoms with Crippen molar-refractivity contribution in [2.75, 3.05) is 13.6 Å². The number of amides is 1. The number of likely N-dealkylation sites (N-methyl/N-ethyl adjacent to an activating group) is 1. The molecule has 25 heavy (non-hydrogen) atoms. The summed E-state index contributed by atoms with van der Waals surface area (Å²) in [6.45, 7) is 2.45. The van der Waals surface area contributed by atoms with Crippen LogP contribution in [0.5, 0.6) is 0 Å². The molecule has 1 heterocycles. The largest absolute Gasteiger partial charge is 0.341 e. The van der Waals surface area contributed by atoms with E-state index in [9.17, 15) is 9.18 Å². The van der Waals surface area contributed by atoms with Crippen molar-refractivity contribution < 1.29 is 13.7 Å². The van der Waals surface area contributed by atoms with Gasteiger partial charge in [0.2, 0.25) is 0 Å². The van der Waals surface area contributed by atoms with Crippen LogP contribution in [0, 0.1) is 12.7 Å². The van der Waals surface area contributed by atoms with Gasteiger partial charge in [-0.3, -0.25) is 4.79 Å². The first kappa shape index (κ1) is 16.8. The molecular weight excluding hydrogens is 321 g/mol. The van der Waals surface area contributed by atoms with Crippen LogP contribution in [0.2, 0.25) is 0 Å². The lowest BCUT2D eigenvalue weighted by molar-refractivity contribution is 0.0796. The van der Waals surface area contributed by atoms with Crippen molar-refractivity contribution >= 4 is 5.91 Å². The van der Waals surface area contributed by atoms with Crippen LogP contribution in [-0.2, 0) is 6.42 Å². The highest BCUT2D eigenvalue weighted by molar-refractivity contribution is 5.94. The Bertz CT molecular complexity index is 857. The van der Waals surface area contributed by atoms with Gasteiger partial charge in [-0.05, 0) is 43.3 Å². The van der Waals surface area contributed by atoms with Crippen molar-refractivity contribution in [3.05, 3.63) is 71.3 Å². The van der Waals surface area contributed by atoms with Gasteiger partial charge >= 0.3 is 0 Å². The lowest BCUT2D eigenvalue weighted by Gasteiger charge is -2.16. The molecule has 0 fully saturated rings. The SMILES string of the molecule is Cc1ccc(C(=O)N(C)CCc2noc(-c3ccc(F)cc3)n2)cc1. The molecule has 6 heteroatoms. The third kappa shape index (κ3) is 4.09. The molecular formula is C19H18FN3O2. The topological polar surface area (TPSA) is 59.2 Å². The molecule has 1 amide bonds. The van der Waals surface area contributed by atoms with Crippen LogP contribution < -0.4 is 0 Å². The van der Waals surface area contributed by atoms with E-state index in [0.29, 0.717) is 35.8 Å². The predicted molar refractivity (Wildman–Crippen MR) is 91.5 cm³/mol. The predicted octanol–water partition coefficient (Wildman–Crippen LogP) is 3.50. The number of halogens is 1. The zero-order chi connectivity index (χ0) is 17.8. The number of hydrogen-bond donors (Lipinski definition) is 0. The molecule has 0 aliphatic heterocycles. The fraction of sp³-hybridized carbons (Fsp3) is 0.211. The van der Waals surface area contributed by atoms with E-state index < -0.39 is 0 Å².